The molecule has 0 N–H and O–H groups in total. The van der Waals surface area contributed by atoms with Crippen LogP contribution in [-0.4, -0.2) is 68.5 Å². The molecule has 114 valence electrons. The van der Waals surface area contributed by atoms with Crippen LogP contribution in [-0.2, 0) is 9.84 Å². The summed E-state index contributed by atoms with van der Waals surface area (Å²) in [6.07, 6.45) is 11.2. The van der Waals surface area contributed by atoms with Gasteiger partial charge in [0.15, 0.2) is 9.84 Å². The van der Waals surface area contributed by atoms with Gasteiger partial charge >= 0.3 is 0 Å². The monoisotopic (exact) mass is 298 g/mol. The van der Waals surface area contributed by atoms with Gasteiger partial charge in [-0.3, -0.25) is 4.90 Å². The van der Waals surface area contributed by atoms with Crippen molar-refractivity contribution in [2.45, 2.75) is 38.1 Å². The van der Waals surface area contributed by atoms with E-state index in [0.717, 1.165) is 25.9 Å². The molecule has 0 aromatic carbocycles. The fourth-order valence-electron chi connectivity index (χ4n) is 3.25. The highest BCUT2D eigenvalue weighted by molar-refractivity contribution is 7.91. The Morgan fingerprint density at radius 3 is 2.60 bits per heavy atom. The minimum absolute atomic E-state index is 0.136. The van der Waals surface area contributed by atoms with Crippen molar-refractivity contribution in [2.75, 3.05) is 44.2 Å². The van der Waals surface area contributed by atoms with Crippen molar-refractivity contribution in [3.05, 3.63) is 0 Å². The van der Waals surface area contributed by atoms with Gasteiger partial charge in [-0.1, -0.05) is 12.3 Å². The standard InChI is InChI=1S/C15H26N2O2S/c1-2-8-17(15-7-13-20(18,19)14-15)12-6-11-16-9-4-3-5-10-16/h1,15H,3-14H2/t15-/m0/s1. The molecule has 0 amide bonds. The van der Waals surface area contributed by atoms with Crippen LogP contribution in [0.15, 0.2) is 0 Å². The molecule has 5 heteroatoms. The molecule has 0 radical (unpaired) electrons. The summed E-state index contributed by atoms with van der Waals surface area (Å²) in [6, 6.07) is 0.136. The molecule has 0 spiro atoms. The van der Waals surface area contributed by atoms with Crippen LogP contribution in [0.25, 0.3) is 0 Å². The first-order valence-corrected chi connectivity index (χ1v) is 9.53. The third kappa shape index (κ3) is 4.76. The third-order valence-electron chi connectivity index (χ3n) is 4.39. The van der Waals surface area contributed by atoms with Crippen LogP contribution in [0.5, 0.6) is 0 Å². The maximum absolute atomic E-state index is 11.6. The molecule has 1 atom stereocenters. The van der Waals surface area contributed by atoms with Crippen molar-refractivity contribution in [1.82, 2.24) is 9.80 Å². The Morgan fingerprint density at radius 2 is 2.00 bits per heavy atom. The van der Waals surface area contributed by atoms with Gasteiger partial charge in [-0.15, -0.1) is 6.42 Å². The summed E-state index contributed by atoms with van der Waals surface area (Å²) < 4.78 is 23.2. The van der Waals surface area contributed by atoms with E-state index in [0.29, 0.717) is 18.1 Å². The predicted molar refractivity (Wildman–Crippen MR) is 82.4 cm³/mol. The maximum Gasteiger partial charge on any atom is 0.151 e. The molecule has 0 aromatic heterocycles. The molecule has 2 fully saturated rings. The average Bonchev–Trinajstić information content (AvgIpc) is 2.79. The second-order valence-electron chi connectivity index (χ2n) is 5.99. The summed E-state index contributed by atoms with van der Waals surface area (Å²) in [7, 11) is -2.82. The van der Waals surface area contributed by atoms with Crippen molar-refractivity contribution in [1.29, 1.82) is 0 Å². The molecule has 0 unspecified atom stereocenters. The quantitative estimate of drug-likeness (QED) is 0.686. The van der Waals surface area contributed by atoms with Crippen molar-refractivity contribution >= 4 is 9.84 Å². The van der Waals surface area contributed by atoms with Crippen LogP contribution >= 0.6 is 0 Å². The molecule has 2 aliphatic rings. The summed E-state index contributed by atoms with van der Waals surface area (Å²) in [5.74, 6) is 3.29. The zero-order chi connectivity index (χ0) is 14.4. The minimum Gasteiger partial charge on any atom is -0.303 e. The van der Waals surface area contributed by atoms with E-state index < -0.39 is 9.84 Å². The number of piperidine rings is 1. The van der Waals surface area contributed by atoms with Crippen molar-refractivity contribution in [3.8, 4) is 12.3 Å². The van der Waals surface area contributed by atoms with E-state index in [1.807, 2.05) is 0 Å². The Kier molecular flexibility index (Phi) is 5.88. The number of likely N-dealkylation sites (tertiary alicyclic amines) is 1. The maximum atomic E-state index is 11.6. The molecular formula is C15H26N2O2S. The van der Waals surface area contributed by atoms with E-state index >= 15 is 0 Å². The number of sulfone groups is 1. The van der Waals surface area contributed by atoms with E-state index in [2.05, 4.69) is 15.7 Å². The molecule has 0 aliphatic carbocycles. The highest BCUT2D eigenvalue weighted by Crippen LogP contribution is 2.18. The lowest BCUT2D eigenvalue weighted by Gasteiger charge is -2.29. The van der Waals surface area contributed by atoms with Crippen molar-refractivity contribution in [2.24, 2.45) is 0 Å². The van der Waals surface area contributed by atoms with Crippen LogP contribution in [0.2, 0.25) is 0 Å². The van der Waals surface area contributed by atoms with Crippen molar-refractivity contribution < 1.29 is 8.42 Å². The number of hydrogen-bond donors (Lipinski definition) is 0. The van der Waals surface area contributed by atoms with Gasteiger partial charge in [0.2, 0.25) is 0 Å². The number of hydrogen-bond acceptors (Lipinski definition) is 4. The number of rotatable bonds is 6. The average molecular weight is 298 g/mol. The van der Waals surface area contributed by atoms with Gasteiger partial charge in [-0.05, 0) is 45.3 Å². The van der Waals surface area contributed by atoms with E-state index in [4.69, 9.17) is 6.42 Å². The zero-order valence-corrected chi connectivity index (χ0v) is 13.1. The van der Waals surface area contributed by atoms with Crippen LogP contribution in [0, 0.1) is 12.3 Å². The van der Waals surface area contributed by atoms with Crippen LogP contribution in [0.4, 0.5) is 0 Å². The molecule has 0 saturated carbocycles. The molecule has 20 heavy (non-hydrogen) atoms. The first-order valence-electron chi connectivity index (χ1n) is 7.71. The lowest BCUT2D eigenvalue weighted by atomic mass is 10.1. The second kappa shape index (κ2) is 7.44. The fraction of sp³-hybridized carbons (Fsp3) is 0.867. The Hall–Kier alpha value is -0.570. The van der Waals surface area contributed by atoms with E-state index in [1.165, 1.54) is 32.4 Å². The smallest absolute Gasteiger partial charge is 0.151 e. The first kappa shape index (κ1) is 15.8. The molecule has 2 rings (SSSR count). The largest absolute Gasteiger partial charge is 0.303 e. The molecule has 2 aliphatic heterocycles. The second-order valence-corrected chi connectivity index (χ2v) is 8.22. The van der Waals surface area contributed by atoms with Gasteiger partial charge in [0.1, 0.15) is 0 Å². The number of terminal acetylenes is 1. The Balaban J connectivity index is 1.76. The normalized spacial score (nSPS) is 26.7. The van der Waals surface area contributed by atoms with E-state index in [9.17, 15) is 8.42 Å². The van der Waals surface area contributed by atoms with Crippen LogP contribution in [0.1, 0.15) is 32.1 Å². The summed E-state index contributed by atoms with van der Waals surface area (Å²) in [5.41, 5.74) is 0. The summed E-state index contributed by atoms with van der Waals surface area (Å²) in [5, 5.41) is 0. The SMILES string of the molecule is C#CCN(CCCN1CCCCC1)[C@H]1CCS(=O)(=O)C1. The first-order chi connectivity index (χ1) is 9.61. The third-order valence-corrected chi connectivity index (χ3v) is 6.14. The molecule has 2 saturated heterocycles. The lowest BCUT2D eigenvalue weighted by Crippen LogP contribution is -2.39. The Labute approximate surface area is 123 Å². The van der Waals surface area contributed by atoms with Gasteiger partial charge in [0.25, 0.3) is 0 Å². The summed E-state index contributed by atoms with van der Waals surface area (Å²) >= 11 is 0. The summed E-state index contributed by atoms with van der Waals surface area (Å²) in [4.78, 5) is 4.71. The lowest BCUT2D eigenvalue weighted by molar-refractivity contribution is 0.191. The highest BCUT2D eigenvalue weighted by Gasteiger charge is 2.31. The number of nitrogens with zero attached hydrogens (tertiary/aromatic N) is 2. The molecule has 4 nitrogen and oxygen atoms in total. The van der Waals surface area contributed by atoms with Gasteiger partial charge in [0, 0.05) is 12.6 Å². The highest BCUT2D eigenvalue weighted by atomic mass is 32.2. The Bertz CT molecular complexity index is 435. The molecule has 0 aromatic rings. The van der Waals surface area contributed by atoms with E-state index in [1.54, 1.807) is 0 Å². The van der Waals surface area contributed by atoms with Crippen molar-refractivity contribution in [3.63, 3.8) is 0 Å². The molecule has 2 heterocycles. The molecular weight excluding hydrogens is 272 g/mol. The van der Waals surface area contributed by atoms with Crippen LogP contribution < -0.4 is 0 Å². The van der Waals surface area contributed by atoms with Crippen LogP contribution in [0.3, 0.4) is 0 Å². The molecule has 0 bridgehead atoms. The fourth-order valence-corrected chi connectivity index (χ4v) is 5.01. The van der Waals surface area contributed by atoms with Gasteiger partial charge < -0.3 is 4.90 Å². The minimum atomic E-state index is -2.82. The van der Waals surface area contributed by atoms with Gasteiger partial charge in [-0.2, -0.15) is 0 Å². The van der Waals surface area contributed by atoms with Gasteiger partial charge in [-0.25, -0.2) is 8.42 Å². The zero-order valence-electron chi connectivity index (χ0n) is 12.3. The predicted octanol–water partition coefficient (Wildman–Crippen LogP) is 0.985. The summed E-state index contributed by atoms with van der Waals surface area (Å²) in [6.45, 7) is 5.03. The van der Waals surface area contributed by atoms with E-state index in [-0.39, 0.29) is 6.04 Å². The Morgan fingerprint density at radius 1 is 1.25 bits per heavy atom. The topological polar surface area (TPSA) is 40.6 Å². The van der Waals surface area contributed by atoms with Gasteiger partial charge in [0.05, 0.1) is 18.1 Å².